The minimum atomic E-state index is 0.535. The molecule has 0 radical (unpaired) electrons. The first-order valence-corrected chi connectivity index (χ1v) is 6.32. The summed E-state index contributed by atoms with van der Waals surface area (Å²) in [5.41, 5.74) is 6.72. The molecule has 2 N–H and O–H groups in total. The van der Waals surface area contributed by atoms with Gasteiger partial charge in [0.05, 0.1) is 6.20 Å². The van der Waals surface area contributed by atoms with Crippen molar-refractivity contribution in [2.45, 2.75) is 16.5 Å². The first-order valence-electron chi connectivity index (χ1n) is 4.71. The van der Waals surface area contributed by atoms with Gasteiger partial charge in [-0.15, -0.1) is 0 Å². The Bertz CT molecular complexity index is 476. The Kier molecular flexibility index (Phi) is 3.93. The van der Waals surface area contributed by atoms with Crippen molar-refractivity contribution in [2.75, 3.05) is 0 Å². The predicted molar refractivity (Wildman–Crippen MR) is 68.2 cm³/mol. The van der Waals surface area contributed by atoms with Gasteiger partial charge in [-0.1, -0.05) is 27.7 Å². The standard InChI is InChI=1S/C11H10BrN3S/c12-9-3-8(6-13)4-10(5-9)16-11-7-14-1-2-15-11/h1-5,7H,6,13H2. The lowest BCUT2D eigenvalue weighted by Crippen LogP contribution is -1.96. The molecule has 0 saturated heterocycles. The van der Waals surface area contributed by atoms with Crippen LogP contribution in [0.5, 0.6) is 0 Å². The van der Waals surface area contributed by atoms with Gasteiger partial charge in [-0.2, -0.15) is 0 Å². The molecule has 0 amide bonds. The molecule has 0 bridgehead atoms. The molecule has 2 rings (SSSR count). The highest BCUT2D eigenvalue weighted by Crippen LogP contribution is 2.28. The van der Waals surface area contributed by atoms with Crippen molar-refractivity contribution < 1.29 is 0 Å². The van der Waals surface area contributed by atoms with E-state index in [2.05, 4.69) is 32.0 Å². The molecular formula is C11H10BrN3S. The fraction of sp³-hybridized carbons (Fsp3) is 0.0909. The maximum absolute atomic E-state index is 5.62. The van der Waals surface area contributed by atoms with Gasteiger partial charge in [0.2, 0.25) is 0 Å². The summed E-state index contributed by atoms with van der Waals surface area (Å²) in [6.45, 7) is 0.535. The maximum atomic E-state index is 5.62. The van der Waals surface area contributed by atoms with E-state index in [0.717, 1.165) is 20.0 Å². The van der Waals surface area contributed by atoms with Crippen molar-refractivity contribution in [3.05, 3.63) is 46.8 Å². The third-order valence-electron chi connectivity index (χ3n) is 1.93. The van der Waals surface area contributed by atoms with E-state index in [1.165, 1.54) is 0 Å². The number of nitrogens with zero attached hydrogens (tertiary/aromatic N) is 2. The lowest BCUT2D eigenvalue weighted by Gasteiger charge is -2.04. The van der Waals surface area contributed by atoms with Crippen LogP contribution in [0.3, 0.4) is 0 Å². The number of benzene rings is 1. The van der Waals surface area contributed by atoms with Crippen LogP contribution in [0.1, 0.15) is 5.56 Å². The van der Waals surface area contributed by atoms with Crippen LogP contribution in [-0.4, -0.2) is 9.97 Å². The fourth-order valence-corrected chi connectivity index (χ4v) is 2.81. The van der Waals surface area contributed by atoms with E-state index in [1.807, 2.05) is 12.1 Å². The summed E-state index contributed by atoms with van der Waals surface area (Å²) in [7, 11) is 0. The zero-order chi connectivity index (χ0) is 11.4. The SMILES string of the molecule is NCc1cc(Br)cc(Sc2cnccn2)c1. The van der Waals surface area contributed by atoms with E-state index in [-0.39, 0.29) is 0 Å². The molecule has 0 fully saturated rings. The van der Waals surface area contributed by atoms with E-state index >= 15 is 0 Å². The van der Waals surface area contributed by atoms with Gasteiger partial charge >= 0.3 is 0 Å². The normalized spacial score (nSPS) is 10.4. The molecule has 0 unspecified atom stereocenters. The third kappa shape index (κ3) is 3.04. The Labute approximate surface area is 107 Å². The number of nitrogens with two attached hydrogens (primary N) is 1. The molecule has 3 nitrogen and oxygen atoms in total. The minimum Gasteiger partial charge on any atom is -0.326 e. The van der Waals surface area contributed by atoms with Gasteiger partial charge in [0, 0.05) is 28.3 Å². The minimum absolute atomic E-state index is 0.535. The quantitative estimate of drug-likeness (QED) is 0.946. The Balaban J connectivity index is 2.24. The summed E-state index contributed by atoms with van der Waals surface area (Å²) in [4.78, 5) is 9.35. The summed E-state index contributed by atoms with van der Waals surface area (Å²) in [5, 5.41) is 0.878. The van der Waals surface area contributed by atoms with Crippen molar-refractivity contribution in [3.8, 4) is 0 Å². The van der Waals surface area contributed by atoms with Gasteiger partial charge in [-0.3, -0.25) is 4.98 Å². The van der Waals surface area contributed by atoms with Crippen LogP contribution in [0, 0.1) is 0 Å². The molecular weight excluding hydrogens is 286 g/mol. The average Bonchev–Trinajstić information content (AvgIpc) is 2.29. The third-order valence-corrected chi connectivity index (χ3v) is 3.28. The molecule has 5 heteroatoms. The van der Waals surface area contributed by atoms with Crippen molar-refractivity contribution >= 4 is 27.7 Å². The van der Waals surface area contributed by atoms with Gasteiger partial charge in [0.1, 0.15) is 5.03 Å². The molecule has 0 spiro atoms. The predicted octanol–water partition coefficient (Wildman–Crippen LogP) is 2.85. The molecule has 16 heavy (non-hydrogen) atoms. The van der Waals surface area contributed by atoms with Crippen LogP contribution in [0.4, 0.5) is 0 Å². The average molecular weight is 296 g/mol. The summed E-state index contributed by atoms with van der Waals surface area (Å²) in [5.74, 6) is 0. The summed E-state index contributed by atoms with van der Waals surface area (Å²) < 4.78 is 1.03. The monoisotopic (exact) mass is 295 g/mol. The topological polar surface area (TPSA) is 51.8 Å². The molecule has 0 atom stereocenters. The number of rotatable bonds is 3. The van der Waals surface area contributed by atoms with E-state index in [1.54, 1.807) is 30.4 Å². The number of hydrogen-bond donors (Lipinski definition) is 1. The molecule has 1 heterocycles. The molecule has 82 valence electrons. The fourth-order valence-electron chi connectivity index (χ4n) is 1.26. The van der Waals surface area contributed by atoms with Gasteiger partial charge in [-0.25, -0.2) is 4.98 Å². The summed E-state index contributed by atoms with van der Waals surface area (Å²) >= 11 is 5.03. The van der Waals surface area contributed by atoms with Gasteiger partial charge in [0.25, 0.3) is 0 Å². The number of halogens is 1. The second-order valence-corrected chi connectivity index (χ2v) is 5.15. The van der Waals surface area contributed by atoms with E-state index in [9.17, 15) is 0 Å². The van der Waals surface area contributed by atoms with Crippen LogP contribution in [0.2, 0.25) is 0 Å². The van der Waals surface area contributed by atoms with Crippen LogP contribution in [0.25, 0.3) is 0 Å². The molecule has 1 aromatic carbocycles. The molecule has 0 aliphatic heterocycles. The number of hydrogen-bond acceptors (Lipinski definition) is 4. The second kappa shape index (κ2) is 5.43. The first-order chi connectivity index (χ1) is 7.78. The summed E-state index contributed by atoms with van der Waals surface area (Å²) in [6.07, 6.45) is 5.09. The van der Waals surface area contributed by atoms with E-state index in [0.29, 0.717) is 6.54 Å². The van der Waals surface area contributed by atoms with Crippen LogP contribution < -0.4 is 5.73 Å². The molecule has 0 aliphatic rings. The molecule has 0 aliphatic carbocycles. The van der Waals surface area contributed by atoms with Gasteiger partial charge in [-0.05, 0) is 23.8 Å². The highest BCUT2D eigenvalue weighted by atomic mass is 79.9. The Morgan fingerprint density at radius 1 is 1.25 bits per heavy atom. The van der Waals surface area contributed by atoms with Crippen molar-refractivity contribution in [1.29, 1.82) is 0 Å². The lowest BCUT2D eigenvalue weighted by molar-refractivity contribution is 1.04. The van der Waals surface area contributed by atoms with Crippen molar-refractivity contribution in [1.82, 2.24) is 9.97 Å². The first kappa shape index (κ1) is 11.6. The van der Waals surface area contributed by atoms with Crippen LogP contribution in [-0.2, 0) is 6.54 Å². The zero-order valence-electron chi connectivity index (χ0n) is 8.43. The van der Waals surface area contributed by atoms with E-state index < -0.39 is 0 Å². The Hall–Kier alpha value is -0.910. The van der Waals surface area contributed by atoms with Crippen molar-refractivity contribution in [2.24, 2.45) is 5.73 Å². The highest BCUT2D eigenvalue weighted by molar-refractivity contribution is 9.10. The lowest BCUT2D eigenvalue weighted by atomic mass is 10.2. The highest BCUT2D eigenvalue weighted by Gasteiger charge is 2.01. The smallest absolute Gasteiger partial charge is 0.119 e. The largest absolute Gasteiger partial charge is 0.326 e. The van der Waals surface area contributed by atoms with Crippen LogP contribution >= 0.6 is 27.7 Å². The summed E-state index contributed by atoms with van der Waals surface area (Å²) in [6, 6.07) is 6.11. The number of aromatic nitrogens is 2. The van der Waals surface area contributed by atoms with Gasteiger partial charge < -0.3 is 5.73 Å². The van der Waals surface area contributed by atoms with Gasteiger partial charge in [0.15, 0.2) is 0 Å². The van der Waals surface area contributed by atoms with Crippen molar-refractivity contribution in [3.63, 3.8) is 0 Å². The van der Waals surface area contributed by atoms with Crippen LogP contribution in [0.15, 0.2) is 51.2 Å². The Morgan fingerprint density at radius 2 is 2.12 bits per heavy atom. The Morgan fingerprint density at radius 3 is 2.81 bits per heavy atom. The second-order valence-electron chi connectivity index (χ2n) is 3.15. The molecule has 0 saturated carbocycles. The molecule has 2 aromatic rings. The zero-order valence-corrected chi connectivity index (χ0v) is 10.8. The van der Waals surface area contributed by atoms with E-state index in [4.69, 9.17) is 5.73 Å². The molecule has 1 aromatic heterocycles. The maximum Gasteiger partial charge on any atom is 0.119 e.